The van der Waals surface area contributed by atoms with Crippen LogP contribution in [0.15, 0.2) is 24.3 Å². The molecule has 0 spiro atoms. The van der Waals surface area contributed by atoms with Crippen LogP contribution in [0.3, 0.4) is 0 Å². The Morgan fingerprint density at radius 2 is 2.12 bits per heavy atom. The lowest BCUT2D eigenvalue weighted by Crippen LogP contribution is -2.40. The summed E-state index contributed by atoms with van der Waals surface area (Å²) >= 11 is 5.99. The van der Waals surface area contributed by atoms with Crippen molar-refractivity contribution in [2.45, 2.75) is 37.6 Å². The van der Waals surface area contributed by atoms with Gasteiger partial charge in [-0.2, -0.15) is 0 Å². The maximum atomic E-state index is 8.68. The van der Waals surface area contributed by atoms with E-state index in [0.29, 0.717) is 18.6 Å². The highest BCUT2D eigenvalue weighted by atomic mass is 35.5. The normalized spacial score (nSPS) is 23.4. The van der Waals surface area contributed by atoms with Gasteiger partial charge in [-0.05, 0) is 55.8 Å². The molecule has 0 atom stereocenters. The number of aliphatic hydroxyl groups excluding tert-OH is 1. The summed E-state index contributed by atoms with van der Waals surface area (Å²) in [5.74, 6) is 0.670. The van der Waals surface area contributed by atoms with Crippen molar-refractivity contribution >= 4 is 11.6 Å². The van der Waals surface area contributed by atoms with Crippen molar-refractivity contribution in [3.63, 3.8) is 0 Å². The largest absolute Gasteiger partial charge is 0.396 e. The zero-order valence-electron chi connectivity index (χ0n) is 10.0. The average Bonchev–Trinajstić information content (AvgIpc) is 2.26. The molecule has 1 aliphatic carbocycles. The van der Waals surface area contributed by atoms with Gasteiger partial charge in [0.25, 0.3) is 0 Å². The molecule has 0 heterocycles. The first kappa shape index (κ1) is 12.9. The molecule has 2 nitrogen and oxygen atoms in total. The van der Waals surface area contributed by atoms with E-state index < -0.39 is 0 Å². The SMILES string of the molecule is OCCCCNC1CC(c2cccc(Cl)c2)C1. The number of aliphatic hydroxyl groups is 1. The van der Waals surface area contributed by atoms with Crippen LogP contribution in [0.25, 0.3) is 0 Å². The summed E-state index contributed by atoms with van der Waals surface area (Å²) in [6, 6.07) is 8.85. The molecule has 1 saturated carbocycles. The second-order valence-corrected chi connectivity index (χ2v) is 5.24. The van der Waals surface area contributed by atoms with Crippen molar-refractivity contribution in [2.75, 3.05) is 13.2 Å². The molecule has 0 aliphatic heterocycles. The fourth-order valence-electron chi connectivity index (χ4n) is 2.36. The quantitative estimate of drug-likeness (QED) is 0.764. The third kappa shape index (κ3) is 3.70. The Balaban J connectivity index is 1.68. The number of halogens is 1. The third-order valence-corrected chi connectivity index (χ3v) is 3.71. The summed E-state index contributed by atoms with van der Waals surface area (Å²) in [7, 11) is 0. The molecular weight excluding hydrogens is 234 g/mol. The average molecular weight is 254 g/mol. The summed E-state index contributed by atoms with van der Waals surface area (Å²) in [5, 5.41) is 13.0. The number of hydrogen-bond donors (Lipinski definition) is 2. The number of rotatable bonds is 6. The van der Waals surface area contributed by atoms with Crippen LogP contribution in [-0.4, -0.2) is 24.3 Å². The van der Waals surface area contributed by atoms with E-state index >= 15 is 0 Å². The fourth-order valence-corrected chi connectivity index (χ4v) is 2.56. The molecule has 1 aliphatic rings. The van der Waals surface area contributed by atoms with E-state index in [1.807, 2.05) is 12.1 Å². The van der Waals surface area contributed by atoms with E-state index in [-0.39, 0.29) is 0 Å². The van der Waals surface area contributed by atoms with E-state index in [4.69, 9.17) is 16.7 Å². The standard InChI is InChI=1S/C14H20ClNO/c15-13-5-3-4-11(8-13)12-9-14(10-12)16-6-1-2-7-17/h3-5,8,12,14,16-17H,1-2,6-7,9-10H2. The minimum absolute atomic E-state index is 0.303. The van der Waals surface area contributed by atoms with Crippen LogP contribution in [0.4, 0.5) is 0 Å². The second kappa shape index (κ2) is 6.39. The molecule has 0 radical (unpaired) electrons. The molecule has 1 aromatic carbocycles. The predicted molar refractivity (Wildman–Crippen MR) is 71.5 cm³/mol. The Bertz CT molecular complexity index is 350. The third-order valence-electron chi connectivity index (χ3n) is 3.48. The van der Waals surface area contributed by atoms with Gasteiger partial charge in [-0.15, -0.1) is 0 Å². The first-order valence-corrected chi connectivity index (χ1v) is 6.77. The van der Waals surface area contributed by atoms with Gasteiger partial charge in [0.15, 0.2) is 0 Å². The van der Waals surface area contributed by atoms with Gasteiger partial charge >= 0.3 is 0 Å². The molecule has 2 N–H and O–H groups in total. The molecule has 94 valence electrons. The van der Waals surface area contributed by atoms with E-state index in [1.165, 1.54) is 18.4 Å². The summed E-state index contributed by atoms with van der Waals surface area (Å²) < 4.78 is 0. The van der Waals surface area contributed by atoms with Crippen LogP contribution in [0.2, 0.25) is 5.02 Å². The second-order valence-electron chi connectivity index (χ2n) is 4.81. The highest BCUT2D eigenvalue weighted by molar-refractivity contribution is 6.30. The molecule has 1 aromatic rings. The van der Waals surface area contributed by atoms with E-state index in [0.717, 1.165) is 24.4 Å². The van der Waals surface area contributed by atoms with E-state index in [1.54, 1.807) is 0 Å². The number of unbranched alkanes of at least 4 members (excludes halogenated alkanes) is 1. The van der Waals surface area contributed by atoms with Crippen molar-refractivity contribution in [1.82, 2.24) is 5.32 Å². The molecule has 0 saturated heterocycles. The van der Waals surface area contributed by atoms with E-state index in [2.05, 4.69) is 17.4 Å². The van der Waals surface area contributed by atoms with Crippen LogP contribution < -0.4 is 5.32 Å². The summed E-state index contributed by atoms with van der Waals surface area (Å²) in [6.07, 6.45) is 4.38. The van der Waals surface area contributed by atoms with Crippen LogP contribution in [-0.2, 0) is 0 Å². The van der Waals surface area contributed by atoms with Gasteiger partial charge in [0.1, 0.15) is 0 Å². The minimum Gasteiger partial charge on any atom is -0.396 e. The molecule has 0 aromatic heterocycles. The highest BCUT2D eigenvalue weighted by Gasteiger charge is 2.29. The molecule has 2 rings (SSSR count). The van der Waals surface area contributed by atoms with Gasteiger partial charge in [-0.25, -0.2) is 0 Å². The fraction of sp³-hybridized carbons (Fsp3) is 0.571. The van der Waals surface area contributed by atoms with Gasteiger partial charge < -0.3 is 10.4 Å². The van der Waals surface area contributed by atoms with Crippen molar-refractivity contribution in [1.29, 1.82) is 0 Å². The molecule has 0 unspecified atom stereocenters. The Morgan fingerprint density at radius 1 is 1.29 bits per heavy atom. The lowest BCUT2D eigenvalue weighted by molar-refractivity contribution is 0.267. The van der Waals surface area contributed by atoms with Gasteiger partial charge in [0.05, 0.1) is 0 Å². The van der Waals surface area contributed by atoms with E-state index in [9.17, 15) is 0 Å². The minimum atomic E-state index is 0.303. The van der Waals surface area contributed by atoms with Crippen molar-refractivity contribution in [2.24, 2.45) is 0 Å². The lowest BCUT2D eigenvalue weighted by Gasteiger charge is -2.36. The number of hydrogen-bond acceptors (Lipinski definition) is 2. The van der Waals surface area contributed by atoms with Gasteiger partial charge in [-0.1, -0.05) is 23.7 Å². The van der Waals surface area contributed by atoms with Crippen molar-refractivity contribution < 1.29 is 5.11 Å². The van der Waals surface area contributed by atoms with Crippen LogP contribution in [0.1, 0.15) is 37.2 Å². The molecule has 17 heavy (non-hydrogen) atoms. The van der Waals surface area contributed by atoms with Crippen LogP contribution in [0, 0.1) is 0 Å². The van der Waals surface area contributed by atoms with Gasteiger partial charge in [0.2, 0.25) is 0 Å². The monoisotopic (exact) mass is 253 g/mol. The summed E-state index contributed by atoms with van der Waals surface area (Å²) in [6.45, 7) is 1.32. The highest BCUT2D eigenvalue weighted by Crippen LogP contribution is 2.37. The maximum absolute atomic E-state index is 8.68. The van der Waals surface area contributed by atoms with Gasteiger partial charge in [0, 0.05) is 17.7 Å². The summed E-state index contributed by atoms with van der Waals surface area (Å²) in [4.78, 5) is 0. The zero-order chi connectivity index (χ0) is 12.1. The Hall–Kier alpha value is -0.570. The zero-order valence-corrected chi connectivity index (χ0v) is 10.8. The van der Waals surface area contributed by atoms with Gasteiger partial charge in [-0.3, -0.25) is 0 Å². The Labute approximate surface area is 108 Å². The van der Waals surface area contributed by atoms with Crippen LogP contribution >= 0.6 is 11.6 Å². The van der Waals surface area contributed by atoms with Crippen molar-refractivity contribution in [3.05, 3.63) is 34.9 Å². The lowest BCUT2D eigenvalue weighted by atomic mass is 9.76. The Kier molecular flexibility index (Phi) is 4.84. The molecule has 0 amide bonds. The number of nitrogens with one attached hydrogen (secondary N) is 1. The maximum Gasteiger partial charge on any atom is 0.0431 e. The smallest absolute Gasteiger partial charge is 0.0431 e. The summed E-state index contributed by atoms with van der Waals surface area (Å²) in [5.41, 5.74) is 1.37. The molecule has 3 heteroatoms. The first-order valence-electron chi connectivity index (χ1n) is 6.39. The van der Waals surface area contributed by atoms with Crippen molar-refractivity contribution in [3.8, 4) is 0 Å². The molecule has 0 bridgehead atoms. The first-order chi connectivity index (χ1) is 8.29. The molecule has 1 fully saturated rings. The van der Waals surface area contributed by atoms with Crippen LogP contribution in [0.5, 0.6) is 0 Å². The topological polar surface area (TPSA) is 32.3 Å². The molecular formula is C14H20ClNO. The number of benzene rings is 1. The predicted octanol–water partition coefficient (Wildman–Crippen LogP) is 2.95. The Morgan fingerprint density at radius 3 is 2.82 bits per heavy atom.